The smallest absolute Gasteiger partial charge is 0.0211 e. The van der Waals surface area contributed by atoms with Crippen LogP contribution in [0.4, 0.5) is 0 Å². The first-order valence-corrected chi connectivity index (χ1v) is 5.19. The van der Waals surface area contributed by atoms with Crippen LogP contribution in [0.15, 0.2) is 0 Å². The van der Waals surface area contributed by atoms with Gasteiger partial charge in [0.05, 0.1) is 0 Å². The van der Waals surface area contributed by atoms with Gasteiger partial charge in [-0.3, -0.25) is 4.90 Å². The molecule has 1 spiro atoms. The summed E-state index contributed by atoms with van der Waals surface area (Å²) in [5.74, 6) is 3.61. The van der Waals surface area contributed by atoms with Gasteiger partial charge in [-0.25, -0.2) is 0 Å². The van der Waals surface area contributed by atoms with Gasteiger partial charge in [0, 0.05) is 24.0 Å². The van der Waals surface area contributed by atoms with Gasteiger partial charge in [0.1, 0.15) is 0 Å². The van der Waals surface area contributed by atoms with Crippen LogP contribution in [0.5, 0.6) is 0 Å². The summed E-state index contributed by atoms with van der Waals surface area (Å²) in [6.07, 6.45) is 4.76. The van der Waals surface area contributed by atoms with Crippen LogP contribution in [0.25, 0.3) is 0 Å². The fourth-order valence-corrected chi connectivity index (χ4v) is 4.97. The maximum absolute atomic E-state index is 2.85. The topological polar surface area (TPSA) is 3.24 Å². The van der Waals surface area contributed by atoms with E-state index in [0.29, 0.717) is 0 Å². The minimum Gasteiger partial charge on any atom is -0.296 e. The van der Waals surface area contributed by atoms with Crippen molar-refractivity contribution in [3.63, 3.8) is 0 Å². The van der Waals surface area contributed by atoms with E-state index < -0.39 is 0 Å². The second-order valence-corrected chi connectivity index (χ2v) is 5.49. The Balaban J connectivity index is 1.72. The van der Waals surface area contributed by atoms with Crippen LogP contribution in [-0.2, 0) is 0 Å². The molecule has 3 unspecified atom stereocenters. The molecule has 0 aromatic carbocycles. The summed E-state index contributed by atoms with van der Waals surface area (Å²) in [7, 11) is 0. The van der Waals surface area contributed by atoms with Gasteiger partial charge < -0.3 is 0 Å². The van der Waals surface area contributed by atoms with Crippen molar-refractivity contribution in [1.29, 1.82) is 0 Å². The highest BCUT2D eigenvalue weighted by Gasteiger charge is 2.88. The van der Waals surface area contributed by atoms with Crippen molar-refractivity contribution in [3.05, 3.63) is 0 Å². The molecule has 3 aliphatic carbocycles. The number of rotatable bonds is 0. The van der Waals surface area contributed by atoms with Crippen molar-refractivity contribution in [2.24, 2.45) is 23.2 Å². The predicted molar refractivity (Wildman–Crippen MR) is 41.0 cm³/mol. The summed E-state index contributed by atoms with van der Waals surface area (Å²) >= 11 is 0. The third-order valence-electron chi connectivity index (χ3n) is 5.52. The summed E-state index contributed by atoms with van der Waals surface area (Å²) in [5, 5.41) is 0. The molecule has 6 atom stereocenters. The van der Waals surface area contributed by atoms with E-state index in [2.05, 4.69) is 4.90 Å². The molecular formula is C10H13N. The molecule has 5 rings (SSSR count). The second-order valence-electron chi connectivity index (χ2n) is 5.49. The highest BCUT2D eigenvalue weighted by Crippen LogP contribution is 2.84. The van der Waals surface area contributed by atoms with Crippen LogP contribution in [0.2, 0.25) is 0 Å². The lowest BCUT2D eigenvalue weighted by Gasteiger charge is -2.55. The Morgan fingerprint density at radius 1 is 1.36 bits per heavy atom. The van der Waals surface area contributed by atoms with Crippen molar-refractivity contribution in [2.45, 2.75) is 31.3 Å². The Labute approximate surface area is 66.8 Å². The van der Waals surface area contributed by atoms with Crippen LogP contribution in [-0.4, -0.2) is 23.5 Å². The third-order valence-corrected chi connectivity index (χ3v) is 5.52. The van der Waals surface area contributed by atoms with Gasteiger partial charge in [0.25, 0.3) is 0 Å². The molecular weight excluding hydrogens is 134 g/mol. The molecule has 0 aromatic rings. The minimum absolute atomic E-state index is 0.968. The van der Waals surface area contributed by atoms with Gasteiger partial charge in [0.15, 0.2) is 0 Å². The number of hydrogen-bond acceptors (Lipinski definition) is 1. The maximum Gasteiger partial charge on any atom is 0.0211 e. The molecule has 0 aromatic heterocycles. The van der Waals surface area contributed by atoms with Crippen molar-refractivity contribution in [3.8, 4) is 0 Å². The monoisotopic (exact) mass is 147 g/mol. The average molecular weight is 147 g/mol. The molecule has 2 heterocycles. The van der Waals surface area contributed by atoms with Gasteiger partial charge in [-0.15, -0.1) is 0 Å². The summed E-state index contributed by atoms with van der Waals surface area (Å²) in [5.41, 5.74) is 0.968. The number of piperidine rings is 2. The zero-order valence-corrected chi connectivity index (χ0v) is 6.66. The first-order chi connectivity index (χ1) is 5.43. The molecule has 1 nitrogen and oxygen atoms in total. The van der Waals surface area contributed by atoms with Crippen molar-refractivity contribution >= 4 is 0 Å². The first kappa shape index (κ1) is 4.86. The van der Waals surface area contributed by atoms with E-state index in [1.807, 2.05) is 0 Å². The minimum atomic E-state index is 0.968. The van der Waals surface area contributed by atoms with E-state index >= 15 is 0 Å². The van der Waals surface area contributed by atoms with Crippen molar-refractivity contribution in [1.82, 2.24) is 4.90 Å². The third kappa shape index (κ3) is 0.274. The molecule has 5 aliphatic rings. The SMILES string of the molecule is C1C[C@]23C1N1CC4C[C@H]4[C@H]2C13. The number of hydrogen-bond donors (Lipinski definition) is 0. The zero-order chi connectivity index (χ0) is 6.79. The molecule has 0 N–H and O–H groups in total. The van der Waals surface area contributed by atoms with E-state index in [1.54, 1.807) is 19.3 Å². The number of fused-ring (bicyclic) bond motifs is 3. The molecule has 0 bridgehead atoms. The second kappa shape index (κ2) is 1.02. The zero-order valence-electron chi connectivity index (χ0n) is 6.66. The lowest BCUT2D eigenvalue weighted by Crippen LogP contribution is -2.62. The Bertz CT molecular complexity index is 274. The van der Waals surface area contributed by atoms with Crippen molar-refractivity contribution in [2.75, 3.05) is 6.54 Å². The van der Waals surface area contributed by atoms with E-state index in [1.165, 1.54) is 24.3 Å². The van der Waals surface area contributed by atoms with Gasteiger partial charge in [0.2, 0.25) is 0 Å². The maximum atomic E-state index is 2.85. The lowest BCUT2D eigenvalue weighted by atomic mass is 9.68. The molecule has 58 valence electrons. The van der Waals surface area contributed by atoms with Crippen LogP contribution in [0.1, 0.15) is 19.3 Å². The molecule has 3 saturated carbocycles. The van der Waals surface area contributed by atoms with Crippen molar-refractivity contribution < 1.29 is 0 Å². The summed E-state index contributed by atoms with van der Waals surface area (Å²) in [4.78, 5) is 2.85. The average Bonchev–Trinajstić information content (AvgIpc) is 2.76. The fourth-order valence-electron chi connectivity index (χ4n) is 4.97. The standard InChI is InChI=1S/C10H13N/c1-2-10-7(1)11-4-5-3-6(5)8(10)9(10)11/h5-9H,1-4H2/t5?,6-,7?,8+,9?,10+/m1/s1. The summed E-state index contributed by atoms with van der Waals surface area (Å²) < 4.78 is 0. The number of nitrogens with zero attached hydrogens (tertiary/aromatic N) is 1. The molecule has 2 aliphatic heterocycles. The highest BCUT2D eigenvalue weighted by molar-refractivity contribution is 5.40. The molecule has 0 radical (unpaired) electrons. The van der Waals surface area contributed by atoms with Gasteiger partial charge in [-0.1, -0.05) is 0 Å². The van der Waals surface area contributed by atoms with Gasteiger partial charge in [-0.05, 0) is 37.0 Å². The molecule has 11 heavy (non-hydrogen) atoms. The lowest BCUT2D eigenvalue weighted by molar-refractivity contribution is -0.0652. The fraction of sp³-hybridized carbons (Fsp3) is 1.00. The quantitative estimate of drug-likeness (QED) is 0.496. The highest BCUT2D eigenvalue weighted by atomic mass is 15.4. The van der Waals surface area contributed by atoms with Crippen LogP contribution in [0.3, 0.4) is 0 Å². The summed E-state index contributed by atoms with van der Waals surface area (Å²) in [6.45, 7) is 1.50. The molecule has 1 heteroatoms. The van der Waals surface area contributed by atoms with E-state index in [0.717, 1.165) is 17.5 Å². The van der Waals surface area contributed by atoms with E-state index in [9.17, 15) is 0 Å². The Hall–Kier alpha value is -0.0400. The van der Waals surface area contributed by atoms with E-state index in [-0.39, 0.29) is 0 Å². The van der Waals surface area contributed by atoms with Crippen LogP contribution in [0, 0.1) is 23.2 Å². The largest absolute Gasteiger partial charge is 0.296 e. The normalized spacial score (nSPS) is 80.2. The first-order valence-electron chi connectivity index (χ1n) is 5.19. The van der Waals surface area contributed by atoms with E-state index in [4.69, 9.17) is 0 Å². The van der Waals surface area contributed by atoms with Gasteiger partial charge >= 0.3 is 0 Å². The molecule has 5 fully saturated rings. The van der Waals surface area contributed by atoms with Gasteiger partial charge in [-0.2, -0.15) is 0 Å². The predicted octanol–water partition coefficient (Wildman–Crippen LogP) is 1.10. The van der Waals surface area contributed by atoms with Crippen LogP contribution < -0.4 is 0 Å². The molecule has 2 saturated heterocycles. The molecule has 0 amide bonds. The Morgan fingerprint density at radius 2 is 2.36 bits per heavy atom. The Morgan fingerprint density at radius 3 is 3.18 bits per heavy atom. The van der Waals surface area contributed by atoms with Crippen LogP contribution >= 0.6 is 0 Å². The Kier molecular flexibility index (Phi) is 0.452. The summed E-state index contributed by atoms with van der Waals surface area (Å²) in [6, 6.07) is 2.23.